The Morgan fingerprint density at radius 2 is 1.74 bits per heavy atom. The van der Waals surface area contributed by atoms with Crippen molar-refractivity contribution in [2.24, 2.45) is 5.92 Å². The predicted octanol–water partition coefficient (Wildman–Crippen LogP) is 6.48. The summed E-state index contributed by atoms with van der Waals surface area (Å²) >= 11 is 19.6. The molecule has 4 nitrogen and oxygen atoms in total. The third kappa shape index (κ3) is 4.62. The molecular formula is C24H23Cl3N2O2. The molecule has 2 heterocycles. The summed E-state index contributed by atoms with van der Waals surface area (Å²) < 4.78 is 1.99. The summed E-state index contributed by atoms with van der Waals surface area (Å²) in [5, 5.41) is 2.56. The average molecular weight is 478 g/mol. The molecule has 0 unspecified atom stereocenters. The van der Waals surface area contributed by atoms with Crippen molar-refractivity contribution in [3.8, 4) is 0 Å². The summed E-state index contributed by atoms with van der Waals surface area (Å²) in [5.74, 6) is 0.456. The van der Waals surface area contributed by atoms with E-state index in [9.17, 15) is 9.59 Å². The van der Waals surface area contributed by atoms with E-state index in [2.05, 4.69) is 0 Å². The van der Waals surface area contributed by atoms with Crippen LogP contribution in [0, 0.1) is 5.92 Å². The number of halogens is 3. The zero-order chi connectivity index (χ0) is 22.1. The lowest BCUT2D eigenvalue weighted by Crippen LogP contribution is -2.39. The molecule has 4 rings (SSSR count). The zero-order valence-corrected chi connectivity index (χ0v) is 19.5. The Bertz CT molecular complexity index is 1150. The standard InChI is InChI=1S/C24H23Cl3N2O2/c1-15(30)13-16-7-10-28(11-8-16)24(31)18-5-6-20(25)19(22(18)27)14-29-12-9-17-3-2-4-21(26)23(17)29/h2-6,9,12,16H,7-8,10-11,13-14H2,1H3. The molecule has 3 aromatic rings. The maximum absolute atomic E-state index is 13.2. The first kappa shape index (κ1) is 22.2. The van der Waals surface area contributed by atoms with Crippen LogP contribution in [0.15, 0.2) is 42.6 Å². The molecule has 162 valence electrons. The van der Waals surface area contributed by atoms with Crippen molar-refractivity contribution in [3.63, 3.8) is 0 Å². The molecule has 7 heteroatoms. The number of Topliss-reactive ketones (excluding diaryl/α,β-unsaturated/α-hetero) is 1. The van der Waals surface area contributed by atoms with E-state index in [0.29, 0.717) is 58.2 Å². The van der Waals surface area contributed by atoms with Gasteiger partial charge in [0.05, 0.1) is 27.7 Å². The Morgan fingerprint density at radius 1 is 1.00 bits per heavy atom. The van der Waals surface area contributed by atoms with Crippen LogP contribution in [0.3, 0.4) is 0 Å². The maximum atomic E-state index is 13.2. The van der Waals surface area contributed by atoms with Crippen LogP contribution in [0.25, 0.3) is 10.9 Å². The van der Waals surface area contributed by atoms with E-state index in [1.54, 1.807) is 19.1 Å². The van der Waals surface area contributed by atoms with Gasteiger partial charge in [-0.1, -0.05) is 46.9 Å². The van der Waals surface area contributed by atoms with Gasteiger partial charge in [0.15, 0.2) is 0 Å². The summed E-state index contributed by atoms with van der Waals surface area (Å²) in [6, 6.07) is 11.2. The van der Waals surface area contributed by atoms with E-state index < -0.39 is 0 Å². The topological polar surface area (TPSA) is 42.3 Å². The number of hydrogen-bond acceptors (Lipinski definition) is 2. The van der Waals surface area contributed by atoms with Gasteiger partial charge >= 0.3 is 0 Å². The van der Waals surface area contributed by atoms with Gasteiger partial charge in [-0.2, -0.15) is 0 Å². The highest BCUT2D eigenvalue weighted by Crippen LogP contribution is 2.33. The van der Waals surface area contributed by atoms with E-state index in [1.165, 1.54) is 0 Å². The fraction of sp³-hybridized carbons (Fsp3) is 0.333. The Hall–Kier alpha value is -2.01. The molecule has 2 aromatic carbocycles. The van der Waals surface area contributed by atoms with Crippen LogP contribution in [0.1, 0.15) is 42.1 Å². The van der Waals surface area contributed by atoms with E-state index in [-0.39, 0.29) is 11.7 Å². The molecule has 0 N–H and O–H groups in total. The van der Waals surface area contributed by atoms with Gasteiger partial charge in [0.25, 0.3) is 5.91 Å². The summed E-state index contributed by atoms with van der Waals surface area (Å²) in [5.41, 5.74) is 2.05. The number of carbonyl (C=O) groups is 2. The molecule has 0 atom stereocenters. The highest BCUT2D eigenvalue weighted by molar-refractivity contribution is 6.38. The molecule has 1 aliphatic rings. The van der Waals surface area contributed by atoms with Crippen LogP contribution in [0.2, 0.25) is 15.1 Å². The number of piperidine rings is 1. The number of nitrogens with zero attached hydrogens (tertiary/aromatic N) is 2. The van der Waals surface area contributed by atoms with Gasteiger partial charge < -0.3 is 14.3 Å². The highest BCUT2D eigenvalue weighted by Gasteiger charge is 2.26. The average Bonchev–Trinajstić information content (AvgIpc) is 3.15. The lowest BCUT2D eigenvalue weighted by Gasteiger charge is -2.32. The molecular weight excluding hydrogens is 455 g/mol. The number of ketones is 1. The highest BCUT2D eigenvalue weighted by atomic mass is 35.5. The fourth-order valence-corrected chi connectivity index (χ4v) is 5.20. The van der Waals surface area contributed by atoms with E-state index in [0.717, 1.165) is 23.7 Å². The first-order valence-electron chi connectivity index (χ1n) is 10.3. The number of aromatic nitrogens is 1. The number of rotatable bonds is 5. The molecule has 1 amide bonds. The zero-order valence-electron chi connectivity index (χ0n) is 17.2. The normalized spacial score (nSPS) is 14.9. The molecule has 0 radical (unpaired) electrons. The number of amides is 1. The minimum atomic E-state index is -0.0976. The van der Waals surface area contributed by atoms with Crippen LogP contribution in [0.4, 0.5) is 0 Å². The van der Waals surface area contributed by atoms with Crippen LogP contribution in [0.5, 0.6) is 0 Å². The van der Waals surface area contributed by atoms with E-state index in [1.807, 2.05) is 39.9 Å². The van der Waals surface area contributed by atoms with Crippen molar-refractivity contribution >= 4 is 57.4 Å². The molecule has 1 saturated heterocycles. The lowest BCUT2D eigenvalue weighted by molar-refractivity contribution is -0.118. The Kier molecular flexibility index (Phi) is 6.61. The monoisotopic (exact) mass is 476 g/mol. The second-order valence-electron chi connectivity index (χ2n) is 8.15. The number of para-hydroxylation sites is 1. The van der Waals surface area contributed by atoms with Crippen molar-refractivity contribution in [2.45, 2.75) is 32.7 Å². The molecule has 0 saturated carbocycles. The van der Waals surface area contributed by atoms with Crippen molar-refractivity contribution in [1.29, 1.82) is 0 Å². The number of carbonyl (C=O) groups excluding carboxylic acids is 2. The van der Waals surface area contributed by atoms with Crippen molar-refractivity contribution in [1.82, 2.24) is 9.47 Å². The predicted molar refractivity (Wildman–Crippen MR) is 126 cm³/mol. The van der Waals surface area contributed by atoms with Crippen LogP contribution < -0.4 is 0 Å². The fourth-order valence-electron chi connectivity index (χ4n) is 4.34. The quantitative estimate of drug-likeness (QED) is 0.422. The van der Waals surface area contributed by atoms with Crippen LogP contribution in [-0.2, 0) is 11.3 Å². The third-order valence-corrected chi connectivity index (χ3v) is 7.05. The minimum absolute atomic E-state index is 0.0976. The maximum Gasteiger partial charge on any atom is 0.255 e. The van der Waals surface area contributed by atoms with Gasteiger partial charge in [-0.25, -0.2) is 0 Å². The summed E-state index contributed by atoms with van der Waals surface area (Å²) in [4.78, 5) is 26.4. The third-order valence-electron chi connectivity index (χ3n) is 5.96. The number of benzene rings is 2. The SMILES string of the molecule is CC(=O)CC1CCN(C(=O)c2ccc(Cl)c(Cn3ccc4cccc(Cl)c43)c2Cl)CC1. The number of hydrogen-bond donors (Lipinski definition) is 0. The van der Waals surface area contributed by atoms with Gasteiger partial charge in [0, 0.05) is 41.7 Å². The molecule has 1 aromatic heterocycles. The smallest absolute Gasteiger partial charge is 0.255 e. The molecule has 1 aliphatic heterocycles. The van der Waals surface area contributed by atoms with Gasteiger partial charge in [-0.05, 0) is 49.9 Å². The van der Waals surface area contributed by atoms with Crippen LogP contribution >= 0.6 is 34.8 Å². The number of fused-ring (bicyclic) bond motifs is 1. The Morgan fingerprint density at radius 3 is 2.45 bits per heavy atom. The Labute approximate surface area is 196 Å². The summed E-state index contributed by atoms with van der Waals surface area (Å²) in [6.45, 7) is 3.28. The van der Waals surface area contributed by atoms with Crippen molar-refractivity contribution in [3.05, 3.63) is 68.8 Å². The summed E-state index contributed by atoms with van der Waals surface area (Å²) in [6.07, 6.45) is 4.19. The second-order valence-corrected chi connectivity index (χ2v) is 9.34. The molecule has 31 heavy (non-hydrogen) atoms. The van der Waals surface area contributed by atoms with E-state index >= 15 is 0 Å². The first-order valence-corrected chi connectivity index (χ1v) is 11.5. The number of likely N-dealkylation sites (tertiary alicyclic amines) is 1. The van der Waals surface area contributed by atoms with Crippen LogP contribution in [-0.4, -0.2) is 34.2 Å². The molecule has 0 spiro atoms. The molecule has 1 fully saturated rings. The van der Waals surface area contributed by atoms with Gasteiger partial charge in [0.1, 0.15) is 5.78 Å². The van der Waals surface area contributed by atoms with E-state index in [4.69, 9.17) is 34.8 Å². The van der Waals surface area contributed by atoms with Crippen molar-refractivity contribution < 1.29 is 9.59 Å². The van der Waals surface area contributed by atoms with Gasteiger partial charge in [-0.3, -0.25) is 4.79 Å². The largest absolute Gasteiger partial charge is 0.342 e. The lowest BCUT2D eigenvalue weighted by atomic mass is 9.91. The molecule has 0 aliphatic carbocycles. The summed E-state index contributed by atoms with van der Waals surface area (Å²) in [7, 11) is 0. The first-order chi connectivity index (χ1) is 14.8. The Balaban J connectivity index is 1.58. The molecule has 0 bridgehead atoms. The van der Waals surface area contributed by atoms with Gasteiger partial charge in [-0.15, -0.1) is 0 Å². The van der Waals surface area contributed by atoms with Gasteiger partial charge in [0.2, 0.25) is 0 Å². The minimum Gasteiger partial charge on any atom is -0.342 e. The van der Waals surface area contributed by atoms with Crippen molar-refractivity contribution in [2.75, 3.05) is 13.1 Å². The second kappa shape index (κ2) is 9.23.